The number of carbonyl (C=O) groups is 3. The monoisotopic (exact) mass is 518 g/mol. The molecule has 3 amide bonds. The Labute approximate surface area is 220 Å². The van der Waals surface area contributed by atoms with Crippen molar-refractivity contribution in [2.75, 3.05) is 37.8 Å². The largest absolute Gasteiger partial charge is 0.487 e. The van der Waals surface area contributed by atoms with Gasteiger partial charge in [-0.3, -0.25) is 24.7 Å². The maximum atomic E-state index is 13.0. The van der Waals surface area contributed by atoms with Gasteiger partial charge in [0.25, 0.3) is 5.91 Å². The lowest BCUT2D eigenvalue weighted by Crippen LogP contribution is -2.52. The highest BCUT2D eigenvalue weighted by Gasteiger charge is 2.40. The van der Waals surface area contributed by atoms with Gasteiger partial charge in [0.2, 0.25) is 11.8 Å². The van der Waals surface area contributed by atoms with Crippen molar-refractivity contribution in [2.24, 2.45) is 15.9 Å². The number of hydrogen-bond acceptors (Lipinski definition) is 9. The first-order valence-corrected chi connectivity index (χ1v) is 12.6. The molecule has 5 rings (SSSR count). The van der Waals surface area contributed by atoms with E-state index in [1.54, 1.807) is 24.4 Å². The lowest BCUT2D eigenvalue weighted by Gasteiger charge is -2.29. The van der Waals surface area contributed by atoms with E-state index in [4.69, 9.17) is 15.3 Å². The minimum absolute atomic E-state index is 0.0685. The van der Waals surface area contributed by atoms with Gasteiger partial charge in [-0.05, 0) is 36.2 Å². The molecule has 11 nitrogen and oxygen atoms in total. The third kappa shape index (κ3) is 5.52. The van der Waals surface area contributed by atoms with E-state index in [9.17, 15) is 14.4 Å². The number of nitrogens with two attached hydrogens (primary N) is 1. The molecule has 2 aromatic rings. The number of nitrogens with one attached hydrogen (secondary N) is 1. The van der Waals surface area contributed by atoms with Crippen LogP contribution in [-0.2, 0) is 27.4 Å². The smallest absolute Gasteiger partial charge is 0.255 e. The summed E-state index contributed by atoms with van der Waals surface area (Å²) in [6.45, 7) is 4.03. The second-order valence-electron chi connectivity index (χ2n) is 9.33. The van der Waals surface area contributed by atoms with E-state index in [1.165, 1.54) is 10.6 Å². The molecule has 11 heteroatoms. The topological polar surface area (TPSA) is 139 Å². The molecule has 3 N–H and O–H groups in total. The highest BCUT2D eigenvalue weighted by molar-refractivity contribution is 6.31. The van der Waals surface area contributed by atoms with E-state index in [-0.39, 0.29) is 31.4 Å². The van der Waals surface area contributed by atoms with Crippen LogP contribution in [0.4, 0.5) is 5.69 Å². The molecule has 0 spiro atoms. The van der Waals surface area contributed by atoms with E-state index in [1.807, 2.05) is 0 Å². The van der Waals surface area contributed by atoms with Crippen molar-refractivity contribution < 1.29 is 23.9 Å². The summed E-state index contributed by atoms with van der Waals surface area (Å²) in [4.78, 5) is 45.0. The van der Waals surface area contributed by atoms with Crippen LogP contribution in [0.15, 0.2) is 52.6 Å². The third-order valence-electron chi connectivity index (χ3n) is 6.91. The number of rotatable bonds is 8. The molecule has 1 unspecified atom stereocenters. The van der Waals surface area contributed by atoms with Gasteiger partial charge >= 0.3 is 0 Å². The normalized spacial score (nSPS) is 20.2. The number of nitrogens with zero attached hydrogens (tertiary/aromatic N) is 4. The van der Waals surface area contributed by atoms with Gasteiger partial charge in [0, 0.05) is 42.5 Å². The number of ether oxygens (including phenoxy) is 2. The highest BCUT2D eigenvalue weighted by atomic mass is 16.5. The summed E-state index contributed by atoms with van der Waals surface area (Å²) in [7, 11) is 0. The average molecular weight is 519 g/mol. The lowest BCUT2D eigenvalue weighted by atomic mass is 10.0. The number of hydrogen-bond donors (Lipinski definition) is 2. The van der Waals surface area contributed by atoms with Gasteiger partial charge in [0.1, 0.15) is 24.1 Å². The minimum Gasteiger partial charge on any atom is -0.487 e. The van der Waals surface area contributed by atoms with Crippen molar-refractivity contribution in [3.63, 3.8) is 0 Å². The van der Waals surface area contributed by atoms with Gasteiger partial charge in [0.05, 0.1) is 26.3 Å². The van der Waals surface area contributed by atoms with Crippen molar-refractivity contribution in [1.82, 2.24) is 10.2 Å². The predicted molar refractivity (Wildman–Crippen MR) is 141 cm³/mol. The van der Waals surface area contributed by atoms with Gasteiger partial charge in [0.15, 0.2) is 0 Å². The Morgan fingerprint density at radius 1 is 1.13 bits per heavy atom. The van der Waals surface area contributed by atoms with E-state index < -0.39 is 11.9 Å². The van der Waals surface area contributed by atoms with Gasteiger partial charge in [-0.2, -0.15) is 5.10 Å². The molecule has 3 aliphatic rings. The van der Waals surface area contributed by atoms with Crippen molar-refractivity contribution in [1.29, 1.82) is 0 Å². The fourth-order valence-corrected chi connectivity index (χ4v) is 4.84. The summed E-state index contributed by atoms with van der Waals surface area (Å²) in [6.07, 6.45) is 2.09. The second kappa shape index (κ2) is 11.4. The highest BCUT2D eigenvalue weighted by Crippen LogP contribution is 2.33. The summed E-state index contributed by atoms with van der Waals surface area (Å²) in [5, 5.41) is 6.10. The van der Waals surface area contributed by atoms with Gasteiger partial charge in [-0.15, -0.1) is 0 Å². The van der Waals surface area contributed by atoms with Gasteiger partial charge in [-0.1, -0.05) is 18.2 Å². The molecule has 0 radical (unpaired) electrons. The number of imide groups is 1. The van der Waals surface area contributed by atoms with Gasteiger partial charge in [-0.25, -0.2) is 0 Å². The maximum Gasteiger partial charge on any atom is 0.255 e. The number of amides is 3. The predicted octanol–water partition coefficient (Wildman–Crippen LogP) is 1.25. The standard InChI is InChI=1S/C27H30N6O5/c28-31-19(15-29-14-18-4-6-20(7-5-18)32-10-12-37-13-11-32)17-38-24-3-1-2-21-22(24)16-33(27(21)36)23-8-9-25(34)30-26(23)35/h1-7,15,23H,8-14,16-17,28H2,(H,30,34,35). The van der Waals surface area contributed by atoms with Crippen LogP contribution < -0.4 is 20.8 Å². The molecule has 1 atom stereocenters. The third-order valence-corrected chi connectivity index (χ3v) is 6.91. The quantitative estimate of drug-likeness (QED) is 0.232. The molecule has 2 aromatic carbocycles. The molecule has 3 aliphatic heterocycles. The van der Waals surface area contributed by atoms with Crippen LogP contribution in [0.5, 0.6) is 5.75 Å². The summed E-state index contributed by atoms with van der Waals surface area (Å²) < 4.78 is 11.4. The molecule has 2 fully saturated rings. The molecular weight excluding hydrogens is 488 g/mol. The second-order valence-corrected chi connectivity index (χ2v) is 9.33. The number of hydrazone groups is 1. The Bertz CT molecular complexity index is 1270. The van der Waals surface area contributed by atoms with Crippen LogP contribution in [0.3, 0.4) is 0 Å². The Hall–Kier alpha value is -4.25. The van der Waals surface area contributed by atoms with Crippen molar-refractivity contribution in [3.05, 3.63) is 59.2 Å². The lowest BCUT2D eigenvalue weighted by molar-refractivity contribution is -0.136. The van der Waals surface area contributed by atoms with Crippen molar-refractivity contribution in [3.8, 4) is 5.75 Å². The summed E-state index contributed by atoms with van der Waals surface area (Å²) in [5.74, 6) is 5.05. The maximum absolute atomic E-state index is 13.0. The zero-order chi connectivity index (χ0) is 26.5. The van der Waals surface area contributed by atoms with E-state index in [0.717, 1.165) is 31.9 Å². The molecule has 0 saturated carbocycles. The summed E-state index contributed by atoms with van der Waals surface area (Å²) in [6, 6.07) is 12.8. The van der Waals surface area contributed by atoms with Crippen LogP contribution >= 0.6 is 0 Å². The molecule has 0 aliphatic carbocycles. The molecule has 0 aromatic heterocycles. The average Bonchev–Trinajstić information content (AvgIpc) is 3.28. The minimum atomic E-state index is -0.684. The first kappa shape index (κ1) is 25.4. The molecular formula is C27H30N6O5. The number of anilines is 1. The molecule has 38 heavy (non-hydrogen) atoms. The van der Waals surface area contributed by atoms with Crippen LogP contribution in [0.2, 0.25) is 0 Å². The van der Waals surface area contributed by atoms with Gasteiger partial charge < -0.3 is 25.1 Å². The fraction of sp³-hybridized carbons (Fsp3) is 0.370. The van der Waals surface area contributed by atoms with Crippen LogP contribution in [-0.4, -0.2) is 73.5 Å². The number of aliphatic imine (C=N–C) groups is 1. The molecule has 2 saturated heterocycles. The Balaban J connectivity index is 1.17. The summed E-state index contributed by atoms with van der Waals surface area (Å²) >= 11 is 0. The van der Waals surface area contributed by atoms with Crippen LogP contribution in [0.25, 0.3) is 0 Å². The van der Waals surface area contributed by atoms with Crippen molar-refractivity contribution >= 4 is 35.3 Å². The van der Waals surface area contributed by atoms with E-state index in [2.05, 4.69) is 44.6 Å². The van der Waals surface area contributed by atoms with Crippen LogP contribution in [0.1, 0.15) is 34.3 Å². The number of benzene rings is 2. The Kier molecular flexibility index (Phi) is 7.64. The molecule has 3 heterocycles. The molecule has 198 valence electrons. The number of carbonyl (C=O) groups excluding carboxylic acids is 3. The first-order chi connectivity index (χ1) is 18.5. The SMILES string of the molecule is NN=C(C=NCc1ccc(N2CCOCC2)cc1)COc1cccc2c1CN(C1CCC(=O)NC1=O)C2=O. The van der Waals surface area contributed by atoms with E-state index >= 15 is 0 Å². The first-order valence-electron chi connectivity index (χ1n) is 12.6. The number of morpholine rings is 1. The zero-order valence-electron chi connectivity index (χ0n) is 21.0. The number of fused-ring (bicyclic) bond motifs is 1. The number of piperidine rings is 1. The Morgan fingerprint density at radius 3 is 2.66 bits per heavy atom. The Morgan fingerprint density at radius 2 is 1.92 bits per heavy atom. The van der Waals surface area contributed by atoms with Crippen molar-refractivity contribution in [2.45, 2.75) is 32.0 Å². The zero-order valence-corrected chi connectivity index (χ0v) is 21.0. The van der Waals surface area contributed by atoms with E-state index in [0.29, 0.717) is 35.6 Å². The molecule has 0 bridgehead atoms. The fourth-order valence-electron chi connectivity index (χ4n) is 4.84. The summed E-state index contributed by atoms with van der Waals surface area (Å²) in [5.41, 5.74) is 3.84. The van der Waals surface area contributed by atoms with Crippen LogP contribution in [0, 0.1) is 0 Å².